The fourth-order valence-electron chi connectivity index (χ4n) is 0. The van der Waals surface area contributed by atoms with Crippen LogP contribution in [-0.4, -0.2) is 115 Å². The van der Waals surface area contributed by atoms with Crippen LogP contribution in [0.2, 0.25) is 6.82 Å². The maximum absolute atomic E-state index is 8.81. The molecule has 0 amide bonds. The van der Waals surface area contributed by atoms with Crippen LogP contribution in [0.3, 0.4) is 0 Å². The summed E-state index contributed by atoms with van der Waals surface area (Å²) in [6.07, 6.45) is 3.00. The molecule has 0 saturated carbocycles. The molecule has 0 atom stereocenters. The van der Waals surface area contributed by atoms with E-state index < -0.39 is 7.12 Å². The van der Waals surface area contributed by atoms with Gasteiger partial charge in [0.2, 0.25) is 0 Å². The molecule has 251 valence electrons. The highest BCUT2D eigenvalue weighted by molar-refractivity contribution is 6.38. The number of aliphatic hydroxyl groups is 2. The first-order valence-corrected chi connectivity index (χ1v) is 7.78. The molecule has 1 radical (unpaired) electrons. The van der Waals surface area contributed by atoms with E-state index in [0.717, 1.165) is 39.4 Å². The SMILES string of the molecule is C.C.C.C.C.C.C.C.CB(O)O.CC=O.CC=O.CC=O.CC=O.CO.CO.COC.COC.CO[B]O. The van der Waals surface area contributed by atoms with E-state index in [4.69, 9.17) is 44.5 Å². The lowest BCUT2D eigenvalue weighted by molar-refractivity contribution is -0.106. The first kappa shape index (κ1) is 134. The van der Waals surface area contributed by atoms with Gasteiger partial charge in [-0.15, -0.1) is 0 Å². The van der Waals surface area contributed by atoms with Gasteiger partial charge in [0.15, 0.2) is 0 Å². The number of aliphatic hydroxyl groups excluding tert-OH is 2. The minimum atomic E-state index is -1.17. The Morgan fingerprint density at radius 1 is 0.526 bits per heavy atom. The predicted molar refractivity (Wildman–Crippen MR) is 174 cm³/mol. The van der Waals surface area contributed by atoms with E-state index in [1.165, 1.54) is 41.6 Å². The Morgan fingerprint density at radius 3 is 0.553 bits per heavy atom. The summed E-state index contributed by atoms with van der Waals surface area (Å²) in [5, 5.41) is 36.8. The smallest absolute Gasteiger partial charge is 0.429 e. The average Bonchev–Trinajstić information content (AvgIpc) is 2.68. The second-order valence-corrected chi connectivity index (χ2v) is 2.73. The Bertz CT molecular complexity index is 165. The van der Waals surface area contributed by atoms with Crippen molar-refractivity contribution in [3.8, 4) is 0 Å². The standard InChI is InChI=1S/2C2H6O.4C2H4O.CH4BO2.CH5BO2.2CH4O.8CH4/c2*1-3-2;4*1-2-3;1-4-2-3;1-2(3)4;2*1-2;;;;;;;;/h2*1-2H3;4*2H,1H3;3H,1H3;3-4H,1H3;2*2H,1H3;8*1H4. The normalized spacial score (nSPS) is 4.03. The monoisotopic (exact) mass is 580 g/mol. The molecule has 0 aromatic rings. The largest absolute Gasteiger partial charge is 0.484 e. The lowest BCUT2D eigenvalue weighted by atomic mass is 9.99. The predicted octanol–water partition coefficient (Wildman–Crippen LogP) is 3.90. The number of hydrogen-bond donors (Lipinski definition) is 5. The van der Waals surface area contributed by atoms with Crippen molar-refractivity contribution < 1.29 is 58.6 Å². The topological polar surface area (TPSA) is 197 Å². The summed E-state index contributed by atoms with van der Waals surface area (Å²) < 4.78 is 12.5. The third-order valence-corrected chi connectivity index (χ3v) is 0.105. The van der Waals surface area contributed by atoms with Crippen LogP contribution < -0.4 is 0 Å². The van der Waals surface area contributed by atoms with Gasteiger partial charge in [0.25, 0.3) is 0 Å². The molecule has 0 aromatic heterocycles. The molecule has 0 saturated heterocycles. The van der Waals surface area contributed by atoms with Crippen LogP contribution in [-0.2, 0) is 33.3 Å². The first-order valence-electron chi connectivity index (χ1n) is 7.78. The number of carbonyl (C=O) groups excluding carboxylic acids is 4. The van der Waals surface area contributed by atoms with Crippen molar-refractivity contribution >= 4 is 39.9 Å². The molecular weight excluding hydrogens is 502 g/mol. The molecule has 0 unspecified atom stereocenters. The Kier molecular flexibility index (Phi) is 1660. The van der Waals surface area contributed by atoms with Crippen LogP contribution in [0.1, 0.15) is 87.1 Å². The van der Waals surface area contributed by atoms with Gasteiger partial charge in [-0.2, -0.15) is 0 Å². The van der Waals surface area contributed by atoms with Crippen LogP contribution >= 0.6 is 0 Å². The molecule has 0 bridgehead atoms. The second kappa shape index (κ2) is 469. The Balaban J connectivity index is -0.00000000719. The molecule has 0 spiro atoms. The number of rotatable bonds is 1. The van der Waals surface area contributed by atoms with Gasteiger partial charge in [0.05, 0.1) is 0 Å². The maximum Gasteiger partial charge on any atom is 0.484 e. The third kappa shape index (κ3) is 149000. The zero-order valence-electron chi connectivity index (χ0n) is 20.6. The molecular formula is C24H77B2O12. The summed E-state index contributed by atoms with van der Waals surface area (Å²) in [6.45, 7) is 7.06. The minimum Gasteiger partial charge on any atom is -0.429 e. The summed E-state index contributed by atoms with van der Waals surface area (Å²) in [5.74, 6) is 0. The first-order chi connectivity index (χ1) is 14.1. The van der Waals surface area contributed by atoms with Gasteiger partial charge in [-0.05, 0) is 34.5 Å². The minimum absolute atomic E-state index is 0. The maximum atomic E-state index is 8.81. The zero-order chi connectivity index (χ0) is 27.2. The lowest BCUT2D eigenvalue weighted by Gasteiger charge is -1.71. The van der Waals surface area contributed by atoms with Crippen molar-refractivity contribution in [2.75, 3.05) is 49.8 Å². The van der Waals surface area contributed by atoms with Crippen LogP contribution in [0.15, 0.2) is 0 Å². The average molecular weight is 579 g/mol. The van der Waals surface area contributed by atoms with Crippen molar-refractivity contribution in [1.82, 2.24) is 0 Å². The van der Waals surface area contributed by atoms with E-state index in [-0.39, 0.29) is 59.4 Å². The quantitative estimate of drug-likeness (QED) is 0.222. The number of hydrogen-bond acceptors (Lipinski definition) is 12. The Morgan fingerprint density at radius 2 is 0.553 bits per heavy atom. The van der Waals surface area contributed by atoms with Gasteiger partial charge < -0.3 is 58.6 Å². The number of methoxy groups -OCH3 is 2. The van der Waals surface area contributed by atoms with E-state index in [2.05, 4.69) is 14.1 Å². The number of carbonyl (C=O) groups is 4. The number of aldehydes is 4. The van der Waals surface area contributed by atoms with E-state index in [1.807, 2.05) is 0 Å². The van der Waals surface area contributed by atoms with Gasteiger partial charge in [-0.1, -0.05) is 59.4 Å². The number of ether oxygens (including phenoxy) is 2. The third-order valence-electron chi connectivity index (χ3n) is 0.105. The fraction of sp³-hybridized carbons (Fsp3) is 0.833. The second-order valence-electron chi connectivity index (χ2n) is 2.73. The summed E-state index contributed by atoms with van der Waals surface area (Å²) in [4.78, 5) is 35.2. The van der Waals surface area contributed by atoms with Crippen molar-refractivity contribution in [3.63, 3.8) is 0 Å². The van der Waals surface area contributed by atoms with Gasteiger partial charge in [0, 0.05) is 49.8 Å². The molecule has 14 heteroatoms. The van der Waals surface area contributed by atoms with Crippen molar-refractivity contribution in [1.29, 1.82) is 0 Å². The van der Waals surface area contributed by atoms with Crippen LogP contribution in [0.5, 0.6) is 0 Å². The van der Waals surface area contributed by atoms with Gasteiger partial charge >= 0.3 is 14.8 Å². The van der Waals surface area contributed by atoms with E-state index in [9.17, 15) is 0 Å². The zero-order valence-corrected chi connectivity index (χ0v) is 20.6. The molecule has 0 rings (SSSR count). The Hall–Kier alpha value is -1.51. The molecule has 0 aliphatic carbocycles. The van der Waals surface area contributed by atoms with Crippen LogP contribution in [0.25, 0.3) is 0 Å². The highest BCUT2D eigenvalue weighted by Crippen LogP contribution is 1.51. The van der Waals surface area contributed by atoms with E-state index in [1.54, 1.807) is 28.4 Å². The molecule has 0 aliphatic rings. The summed E-state index contributed by atoms with van der Waals surface area (Å²) in [7, 11) is 9.33. The van der Waals surface area contributed by atoms with Crippen molar-refractivity contribution in [2.24, 2.45) is 0 Å². The molecule has 0 fully saturated rings. The molecule has 12 nitrogen and oxygen atoms in total. The fourth-order valence-corrected chi connectivity index (χ4v) is 0. The molecule has 0 aromatic carbocycles. The molecule has 5 N–H and O–H groups in total. The van der Waals surface area contributed by atoms with Crippen LogP contribution in [0, 0.1) is 0 Å². The lowest BCUT2D eigenvalue weighted by Crippen LogP contribution is -2.00. The van der Waals surface area contributed by atoms with E-state index >= 15 is 0 Å². The Labute approximate surface area is 242 Å². The van der Waals surface area contributed by atoms with Crippen molar-refractivity contribution in [3.05, 3.63) is 0 Å². The summed E-state index contributed by atoms with van der Waals surface area (Å²) >= 11 is 0. The van der Waals surface area contributed by atoms with Crippen LogP contribution in [0.4, 0.5) is 0 Å². The highest BCUT2D eigenvalue weighted by Gasteiger charge is 1.86. The summed E-state index contributed by atoms with van der Waals surface area (Å²) in [6, 6.07) is 0. The van der Waals surface area contributed by atoms with Gasteiger partial charge in [0.1, 0.15) is 25.1 Å². The summed E-state index contributed by atoms with van der Waals surface area (Å²) in [5.41, 5.74) is 0. The van der Waals surface area contributed by atoms with Crippen molar-refractivity contribution in [2.45, 2.75) is 93.9 Å². The van der Waals surface area contributed by atoms with E-state index in [0.29, 0.717) is 7.69 Å². The highest BCUT2D eigenvalue weighted by atomic mass is 16.5. The molecule has 0 aliphatic heterocycles. The molecule has 38 heavy (non-hydrogen) atoms. The van der Waals surface area contributed by atoms with Gasteiger partial charge in [-0.25, -0.2) is 0 Å². The van der Waals surface area contributed by atoms with Gasteiger partial charge in [-0.3, -0.25) is 0 Å². The molecule has 0 heterocycles.